The number of carbonyl (C=O) groups excluding carboxylic acids is 1. The standard InChI is InChI=1S/C14H25NO7/c1-13(2)19-6-8(21-13)10(17)9(15)11(18)12-7(5-16)20-14(3,4)22-12/h5,7-12,17-18H,6,15H2,1-4H3/t7-,8-,9-,10-,11+,12-/m1/s1. The number of aliphatic hydroxyl groups excluding tert-OH is 2. The second-order valence-electron chi connectivity index (χ2n) is 6.63. The van der Waals surface area contributed by atoms with E-state index in [2.05, 4.69) is 0 Å². The minimum absolute atomic E-state index is 0.166. The first-order valence-electron chi connectivity index (χ1n) is 7.31. The summed E-state index contributed by atoms with van der Waals surface area (Å²) in [5.41, 5.74) is 5.93. The van der Waals surface area contributed by atoms with Crippen molar-refractivity contribution in [1.82, 2.24) is 0 Å². The third kappa shape index (κ3) is 3.65. The monoisotopic (exact) mass is 319 g/mol. The van der Waals surface area contributed by atoms with E-state index < -0.39 is 48.1 Å². The van der Waals surface area contributed by atoms with Gasteiger partial charge >= 0.3 is 0 Å². The van der Waals surface area contributed by atoms with Gasteiger partial charge in [0.25, 0.3) is 0 Å². The molecule has 8 nitrogen and oxygen atoms in total. The topological polar surface area (TPSA) is 120 Å². The molecule has 0 aromatic rings. The van der Waals surface area contributed by atoms with Crippen LogP contribution in [0.4, 0.5) is 0 Å². The molecule has 8 heteroatoms. The van der Waals surface area contributed by atoms with Gasteiger partial charge in [-0.25, -0.2) is 0 Å². The van der Waals surface area contributed by atoms with Crippen LogP contribution in [0.5, 0.6) is 0 Å². The third-order valence-corrected chi connectivity index (χ3v) is 3.83. The first-order chi connectivity index (χ1) is 10.1. The van der Waals surface area contributed by atoms with Crippen LogP contribution in [0.2, 0.25) is 0 Å². The Morgan fingerprint density at radius 2 is 1.73 bits per heavy atom. The molecule has 2 fully saturated rings. The summed E-state index contributed by atoms with van der Waals surface area (Å²) in [5, 5.41) is 20.7. The Hall–Kier alpha value is -0.610. The van der Waals surface area contributed by atoms with Crippen LogP contribution in [0.15, 0.2) is 0 Å². The number of nitrogens with two attached hydrogens (primary N) is 1. The van der Waals surface area contributed by atoms with Crippen molar-refractivity contribution < 1.29 is 34.0 Å². The van der Waals surface area contributed by atoms with Gasteiger partial charge in [-0.05, 0) is 27.7 Å². The highest BCUT2D eigenvalue weighted by atomic mass is 16.8. The lowest BCUT2D eigenvalue weighted by atomic mass is 9.95. The van der Waals surface area contributed by atoms with Gasteiger partial charge in [-0.2, -0.15) is 0 Å². The van der Waals surface area contributed by atoms with Crippen molar-refractivity contribution in [3.8, 4) is 0 Å². The molecule has 0 bridgehead atoms. The fourth-order valence-corrected chi connectivity index (χ4v) is 2.74. The van der Waals surface area contributed by atoms with E-state index in [1.54, 1.807) is 27.7 Å². The lowest BCUT2D eigenvalue weighted by Crippen LogP contribution is -2.56. The molecule has 128 valence electrons. The Kier molecular flexibility index (Phi) is 4.94. The molecule has 0 aromatic carbocycles. The fraction of sp³-hybridized carbons (Fsp3) is 0.929. The van der Waals surface area contributed by atoms with Crippen LogP contribution in [0.1, 0.15) is 27.7 Å². The molecule has 0 saturated carbocycles. The summed E-state index contributed by atoms with van der Waals surface area (Å²) in [5.74, 6) is -1.81. The second kappa shape index (κ2) is 6.12. The summed E-state index contributed by atoms with van der Waals surface area (Å²) in [4.78, 5) is 11.1. The van der Waals surface area contributed by atoms with Gasteiger partial charge in [0, 0.05) is 0 Å². The average Bonchev–Trinajstić information content (AvgIpc) is 2.95. The number of hydrogen-bond acceptors (Lipinski definition) is 8. The zero-order valence-electron chi connectivity index (χ0n) is 13.3. The van der Waals surface area contributed by atoms with Crippen molar-refractivity contribution in [2.45, 2.75) is 75.8 Å². The summed E-state index contributed by atoms with van der Waals surface area (Å²) >= 11 is 0. The molecule has 0 radical (unpaired) electrons. The molecule has 4 N–H and O–H groups in total. The average molecular weight is 319 g/mol. The Morgan fingerprint density at radius 3 is 2.23 bits per heavy atom. The molecular weight excluding hydrogens is 294 g/mol. The minimum Gasteiger partial charge on any atom is -0.389 e. The van der Waals surface area contributed by atoms with Gasteiger partial charge in [0.15, 0.2) is 17.9 Å². The van der Waals surface area contributed by atoms with Crippen LogP contribution in [-0.4, -0.2) is 71.2 Å². The van der Waals surface area contributed by atoms with E-state index >= 15 is 0 Å². The van der Waals surface area contributed by atoms with Gasteiger partial charge in [0.1, 0.15) is 30.5 Å². The quantitative estimate of drug-likeness (QED) is 0.547. The van der Waals surface area contributed by atoms with Crippen LogP contribution >= 0.6 is 0 Å². The summed E-state index contributed by atoms with van der Waals surface area (Å²) in [6, 6.07) is -1.08. The van der Waals surface area contributed by atoms with Gasteiger partial charge in [-0.15, -0.1) is 0 Å². The predicted molar refractivity (Wildman–Crippen MR) is 74.8 cm³/mol. The number of ether oxygens (including phenoxy) is 4. The highest BCUT2D eigenvalue weighted by Gasteiger charge is 2.49. The van der Waals surface area contributed by atoms with E-state index in [1.165, 1.54) is 0 Å². The van der Waals surface area contributed by atoms with E-state index in [0.717, 1.165) is 0 Å². The van der Waals surface area contributed by atoms with Crippen LogP contribution in [0, 0.1) is 0 Å². The van der Waals surface area contributed by atoms with Crippen LogP contribution in [0.3, 0.4) is 0 Å². The number of rotatable bonds is 5. The minimum atomic E-state index is -1.29. The SMILES string of the molecule is CC1(C)O[C@@H]([C@@H](O)[C@H](N)[C@H](O)[C@H]2COC(C)(C)O2)[C@@H](C=O)O1. The van der Waals surface area contributed by atoms with E-state index in [9.17, 15) is 15.0 Å². The molecule has 2 heterocycles. The number of hydrogen-bond donors (Lipinski definition) is 3. The van der Waals surface area contributed by atoms with Gasteiger partial charge in [0.05, 0.1) is 12.6 Å². The van der Waals surface area contributed by atoms with Gasteiger partial charge in [-0.3, -0.25) is 0 Å². The van der Waals surface area contributed by atoms with Crippen molar-refractivity contribution in [2.75, 3.05) is 6.61 Å². The Bertz CT molecular complexity index is 414. The molecule has 6 atom stereocenters. The van der Waals surface area contributed by atoms with Gasteiger partial charge < -0.3 is 39.7 Å². The highest BCUT2D eigenvalue weighted by Crippen LogP contribution is 2.31. The first kappa shape index (κ1) is 17.7. The maximum Gasteiger partial charge on any atom is 0.164 e. The van der Waals surface area contributed by atoms with E-state index in [-0.39, 0.29) is 6.61 Å². The molecule has 2 aliphatic rings. The molecular formula is C14H25NO7. The predicted octanol–water partition coefficient (Wildman–Crippen LogP) is -1.09. The number of aldehydes is 1. The van der Waals surface area contributed by atoms with Crippen LogP contribution in [0.25, 0.3) is 0 Å². The normalized spacial score (nSPS) is 37.7. The smallest absolute Gasteiger partial charge is 0.164 e. The lowest BCUT2D eigenvalue weighted by molar-refractivity contribution is -0.167. The summed E-state index contributed by atoms with van der Waals surface area (Å²) in [6.45, 7) is 6.88. The van der Waals surface area contributed by atoms with E-state index in [4.69, 9.17) is 24.7 Å². The van der Waals surface area contributed by atoms with Crippen molar-refractivity contribution in [3.05, 3.63) is 0 Å². The largest absolute Gasteiger partial charge is 0.389 e. The molecule has 0 aromatic heterocycles. The molecule has 2 rings (SSSR count). The summed E-state index contributed by atoms with van der Waals surface area (Å²) < 4.78 is 21.8. The van der Waals surface area contributed by atoms with E-state index in [0.29, 0.717) is 6.29 Å². The first-order valence-corrected chi connectivity index (χ1v) is 7.31. The zero-order valence-corrected chi connectivity index (χ0v) is 13.3. The maximum atomic E-state index is 11.1. The third-order valence-electron chi connectivity index (χ3n) is 3.83. The Labute approximate surface area is 129 Å². The second-order valence-corrected chi connectivity index (χ2v) is 6.63. The zero-order chi connectivity index (χ0) is 16.7. The maximum absolute atomic E-state index is 11.1. The highest BCUT2D eigenvalue weighted by molar-refractivity contribution is 5.58. The summed E-state index contributed by atoms with van der Waals surface area (Å²) in [6.07, 6.45) is -4.46. The Morgan fingerprint density at radius 1 is 1.09 bits per heavy atom. The van der Waals surface area contributed by atoms with Crippen molar-refractivity contribution in [3.63, 3.8) is 0 Å². The molecule has 22 heavy (non-hydrogen) atoms. The van der Waals surface area contributed by atoms with Crippen molar-refractivity contribution >= 4 is 6.29 Å². The van der Waals surface area contributed by atoms with Gasteiger partial charge in [-0.1, -0.05) is 0 Å². The molecule has 0 unspecified atom stereocenters. The van der Waals surface area contributed by atoms with E-state index in [1.807, 2.05) is 0 Å². The Balaban J connectivity index is 2.02. The molecule has 2 saturated heterocycles. The number of aliphatic hydroxyl groups is 2. The number of carbonyl (C=O) groups is 1. The van der Waals surface area contributed by atoms with Crippen LogP contribution in [-0.2, 0) is 23.7 Å². The molecule has 2 aliphatic heterocycles. The molecule has 0 spiro atoms. The molecule has 0 aliphatic carbocycles. The van der Waals surface area contributed by atoms with Crippen molar-refractivity contribution in [2.24, 2.45) is 5.73 Å². The molecule has 0 amide bonds. The van der Waals surface area contributed by atoms with Crippen LogP contribution < -0.4 is 5.73 Å². The fourth-order valence-electron chi connectivity index (χ4n) is 2.74. The lowest BCUT2D eigenvalue weighted by Gasteiger charge is -2.31. The summed E-state index contributed by atoms with van der Waals surface area (Å²) in [7, 11) is 0. The van der Waals surface area contributed by atoms with Crippen molar-refractivity contribution in [1.29, 1.82) is 0 Å². The van der Waals surface area contributed by atoms with Gasteiger partial charge in [0.2, 0.25) is 0 Å².